The molecule has 0 bridgehead atoms. The van der Waals surface area contributed by atoms with Crippen LogP contribution in [0.4, 0.5) is 5.69 Å². The quantitative estimate of drug-likeness (QED) is 0.613. The van der Waals surface area contributed by atoms with Gasteiger partial charge < -0.3 is 9.64 Å². The Hall–Kier alpha value is -2.29. The van der Waals surface area contributed by atoms with Gasteiger partial charge in [-0.3, -0.25) is 4.79 Å². The maximum absolute atomic E-state index is 11.7. The molecule has 0 N–H and O–H groups in total. The second-order valence-corrected chi connectivity index (χ2v) is 6.12. The minimum atomic E-state index is -0.130. The molecule has 1 heterocycles. The summed E-state index contributed by atoms with van der Waals surface area (Å²) in [7, 11) is 0. The molecule has 1 atom stereocenters. The van der Waals surface area contributed by atoms with Crippen molar-refractivity contribution >= 4 is 11.7 Å². The number of nitrogens with zero attached hydrogens (tertiary/aromatic N) is 1. The summed E-state index contributed by atoms with van der Waals surface area (Å²) in [6, 6.07) is 16.8. The molecule has 120 valence electrons. The fourth-order valence-corrected chi connectivity index (χ4v) is 3.12. The largest absolute Gasteiger partial charge is 0.426 e. The lowest BCUT2D eigenvalue weighted by Gasteiger charge is -2.27. The van der Waals surface area contributed by atoms with Crippen molar-refractivity contribution in [2.24, 2.45) is 0 Å². The summed E-state index contributed by atoms with van der Waals surface area (Å²) in [6.07, 6.45) is 1.47. The molecule has 0 saturated heterocycles. The van der Waals surface area contributed by atoms with Gasteiger partial charge in [-0.25, -0.2) is 0 Å². The molecular weight excluding hydrogens is 286 g/mol. The van der Waals surface area contributed by atoms with Crippen LogP contribution in [-0.4, -0.2) is 19.1 Å². The van der Waals surface area contributed by atoms with Crippen LogP contribution in [0.15, 0.2) is 48.5 Å². The first-order chi connectivity index (χ1) is 11.2. The minimum Gasteiger partial charge on any atom is -0.426 e. The predicted octanol–water partition coefficient (Wildman–Crippen LogP) is 4.17. The Bertz CT molecular complexity index is 681. The van der Waals surface area contributed by atoms with E-state index in [0.29, 0.717) is 6.42 Å². The zero-order valence-corrected chi connectivity index (χ0v) is 13.8. The zero-order valence-electron chi connectivity index (χ0n) is 13.8. The standard InChI is InChI=1S/C20H23NO2/c1-3-21(12-11-16-7-5-4-6-8-16)17-9-10-18-15(2)13-20(22)23-19(18)14-17/h4-10,14-15H,3,11-13H2,1-2H3. The zero-order chi connectivity index (χ0) is 16.2. The number of anilines is 1. The molecule has 0 aliphatic carbocycles. The molecule has 3 nitrogen and oxygen atoms in total. The van der Waals surface area contributed by atoms with Crippen LogP contribution in [0, 0.1) is 0 Å². The number of likely N-dealkylation sites (N-methyl/N-ethyl adjacent to an activating group) is 1. The van der Waals surface area contributed by atoms with Crippen molar-refractivity contribution in [3.05, 3.63) is 59.7 Å². The summed E-state index contributed by atoms with van der Waals surface area (Å²) in [5, 5.41) is 0. The van der Waals surface area contributed by atoms with Crippen LogP contribution in [0.2, 0.25) is 0 Å². The summed E-state index contributed by atoms with van der Waals surface area (Å²) in [4.78, 5) is 14.0. The Kier molecular flexibility index (Phi) is 4.65. The number of carbonyl (C=O) groups is 1. The summed E-state index contributed by atoms with van der Waals surface area (Å²) >= 11 is 0. The van der Waals surface area contributed by atoms with Crippen molar-refractivity contribution in [1.29, 1.82) is 0 Å². The van der Waals surface area contributed by atoms with E-state index in [9.17, 15) is 4.79 Å². The number of hydrogen-bond donors (Lipinski definition) is 0. The topological polar surface area (TPSA) is 29.5 Å². The molecule has 2 aromatic rings. The van der Waals surface area contributed by atoms with E-state index in [1.54, 1.807) is 0 Å². The number of benzene rings is 2. The molecule has 0 fully saturated rings. The average Bonchev–Trinajstić information content (AvgIpc) is 2.56. The number of carbonyl (C=O) groups excluding carboxylic acids is 1. The van der Waals surface area contributed by atoms with E-state index in [1.807, 2.05) is 12.1 Å². The number of fused-ring (bicyclic) bond motifs is 1. The third kappa shape index (κ3) is 3.55. The van der Waals surface area contributed by atoms with Gasteiger partial charge in [0.05, 0.1) is 6.42 Å². The molecule has 1 aliphatic rings. The van der Waals surface area contributed by atoms with E-state index in [2.05, 4.69) is 55.1 Å². The minimum absolute atomic E-state index is 0.130. The first-order valence-corrected chi connectivity index (χ1v) is 8.31. The monoisotopic (exact) mass is 309 g/mol. The average molecular weight is 309 g/mol. The molecular formula is C20H23NO2. The number of esters is 1. The third-order valence-corrected chi connectivity index (χ3v) is 4.48. The fourth-order valence-electron chi connectivity index (χ4n) is 3.12. The van der Waals surface area contributed by atoms with Crippen molar-refractivity contribution in [2.45, 2.75) is 32.6 Å². The second-order valence-electron chi connectivity index (χ2n) is 6.12. The number of hydrogen-bond acceptors (Lipinski definition) is 3. The van der Waals surface area contributed by atoms with Crippen LogP contribution >= 0.6 is 0 Å². The van der Waals surface area contributed by atoms with Crippen LogP contribution in [0.1, 0.15) is 37.3 Å². The molecule has 0 aromatic heterocycles. The van der Waals surface area contributed by atoms with Gasteiger partial charge in [0.15, 0.2) is 0 Å². The predicted molar refractivity (Wildman–Crippen MR) is 93.1 cm³/mol. The van der Waals surface area contributed by atoms with Crippen LogP contribution in [0.5, 0.6) is 5.75 Å². The Morgan fingerprint density at radius 1 is 1.17 bits per heavy atom. The molecule has 3 heteroatoms. The molecule has 0 radical (unpaired) electrons. The van der Waals surface area contributed by atoms with Gasteiger partial charge in [-0.05, 0) is 36.5 Å². The molecule has 0 saturated carbocycles. The Morgan fingerprint density at radius 2 is 1.96 bits per heavy atom. The van der Waals surface area contributed by atoms with Crippen molar-refractivity contribution < 1.29 is 9.53 Å². The molecule has 0 amide bonds. The number of rotatable bonds is 5. The maximum atomic E-state index is 11.7. The normalized spacial score (nSPS) is 16.6. The highest BCUT2D eigenvalue weighted by atomic mass is 16.5. The summed E-state index contributed by atoms with van der Waals surface area (Å²) < 4.78 is 5.43. The fraction of sp³-hybridized carbons (Fsp3) is 0.350. The van der Waals surface area contributed by atoms with E-state index in [0.717, 1.165) is 36.5 Å². The lowest BCUT2D eigenvalue weighted by Crippen LogP contribution is -2.26. The van der Waals surface area contributed by atoms with Crippen LogP contribution in [0.25, 0.3) is 0 Å². The highest BCUT2D eigenvalue weighted by Crippen LogP contribution is 2.36. The van der Waals surface area contributed by atoms with E-state index in [1.165, 1.54) is 5.56 Å². The van der Waals surface area contributed by atoms with Crippen molar-refractivity contribution in [1.82, 2.24) is 0 Å². The van der Waals surface area contributed by atoms with Crippen molar-refractivity contribution in [3.63, 3.8) is 0 Å². The second kappa shape index (κ2) is 6.86. The van der Waals surface area contributed by atoms with Gasteiger partial charge in [0.2, 0.25) is 0 Å². The van der Waals surface area contributed by atoms with Gasteiger partial charge in [0.25, 0.3) is 0 Å². The van der Waals surface area contributed by atoms with Gasteiger partial charge in [-0.15, -0.1) is 0 Å². The van der Waals surface area contributed by atoms with Gasteiger partial charge >= 0.3 is 5.97 Å². The van der Waals surface area contributed by atoms with E-state index in [4.69, 9.17) is 4.74 Å². The third-order valence-electron chi connectivity index (χ3n) is 4.48. The van der Waals surface area contributed by atoms with Gasteiger partial charge in [0.1, 0.15) is 5.75 Å². The van der Waals surface area contributed by atoms with E-state index in [-0.39, 0.29) is 11.9 Å². The smallest absolute Gasteiger partial charge is 0.311 e. The van der Waals surface area contributed by atoms with Gasteiger partial charge in [-0.1, -0.05) is 43.3 Å². The molecule has 23 heavy (non-hydrogen) atoms. The molecule has 0 spiro atoms. The van der Waals surface area contributed by atoms with E-state index >= 15 is 0 Å². The molecule has 2 aromatic carbocycles. The van der Waals surface area contributed by atoms with Crippen LogP contribution in [-0.2, 0) is 11.2 Å². The summed E-state index contributed by atoms with van der Waals surface area (Å²) in [6.45, 7) is 6.10. The first kappa shape index (κ1) is 15.6. The van der Waals surface area contributed by atoms with Crippen LogP contribution in [0.3, 0.4) is 0 Å². The first-order valence-electron chi connectivity index (χ1n) is 8.31. The number of ether oxygens (including phenoxy) is 1. The Balaban J connectivity index is 1.76. The molecule has 1 unspecified atom stereocenters. The maximum Gasteiger partial charge on any atom is 0.311 e. The SMILES string of the molecule is CCN(CCc1ccccc1)c1ccc2c(c1)OC(=O)CC2C. The van der Waals surface area contributed by atoms with Gasteiger partial charge in [-0.2, -0.15) is 0 Å². The van der Waals surface area contributed by atoms with Crippen LogP contribution < -0.4 is 9.64 Å². The highest BCUT2D eigenvalue weighted by molar-refractivity contribution is 5.77. The van der Waals surface area contributed by atoms with Gasteiger partial charge in [0, 0.05) is 24.8 Å². The highest BCUT2D eigenvalue weighted by Gasteiger charge is 2.24. The molecule has 3 rings (SSSR count). The summed E-state index contributed by atoms with van der Waals surface area (Å²) in [5.74, 6) is 0.832. The van der Waals surface area contributed by atoms with Crippen molar-refractivity contribution in [2.75, 3.05) is 18.0 Å². The van der Waals surface area contributed by atoms with Crippen molar-refractivity contribution in [3.8, 4) is 5.75 Å². The lowest BCUT2D eigenvalue weighted by molar-refractivity contribution is -0.135. The Labute approximate surface area is 137 Å². The molecule has 1 aliphatic heterocycles. The van der Waals surface area contributed by atoms with E-state index < -0.39 is 0 Å². The lowest BCUT2D eigenvalue weighted by atomic mass is 9.94. The Morgan fingerprint density at radius 3 is 2.70 bits per heavy atom. The summed E-state index contributed by atoms with van der Waals surface area (Å²) in [5.41, 5.74) is 3.58.